The second kappa shape index (κ2) is 9.94. The van der Waals surface area contributed by atoms with E-state index in [-0.39, 0.29) is 11.8 Å². The van der Waals surface area contributed by atoms with Crippen LogP contribution in [-0.4, -0.2) is 24.0 Å². The van der Waals surface area contributed by atoms with E-state index in [9.17, 15) is 4.79 Å². The van der Waals surface area contributed by atoms with Gasteiger partial charge >= 0.3 is 0 Å². The minimum atomic E-state index is 0.161. The summed E-state index contributed by atoms with van der Waals surface area (Å²) in [5.41, 5.74) is 1.18. The van der Waals surface area contributed by atoms with Gasteiger partial charge in [0.15, 0.2) is 0 Å². The molecule has 1 aromatic heterocycles. The van der Waals surface area contributed by atoms with Gasteiger partial charge in [0.25, 0.3) is 0 Å². The second-order valence-electron chi connectivity index (χ2n) is 8.15. The fourth-order valence-corrected chi connectivity index (χ4v) is 4.41. The largest absolute Gasteiger partial charge is 0.370 e. The number of pyridine rings is 1. The Hall–Kier alpha value is -1.58. The Morgan fingerprint density at radius 1 is 1.12 bits per heavy atom. The molecule has 0 aromatic carbocycles. The number of nitrogens with one attached hydrogen (secondary N) is 1. The van der Waals surface area contributed by atoms with Crippen LogP contribution in [0.2, 0.25) is 0 Å². The van der Waals surface area contributed by atoms with E-state index in [0.717, 1.165) is 31.8 Å². The van der Waals surface area contributed by atoms with Crippen LogP contribution in [0, 0.1) is 11.8 Å². The predicted molar refractivity (Wildman–Crippen MR) is 109 cm³/mol. The van der Waals surface area contributed by atoms with E-state index in [1.165, 1.54) is 63.5 Å². The molecule has 1 N–H and O–H groups in total. The molecule has 4 heteroatoms. The molecule has 4 nitrogen and oxygen atoms in total. The van der Waals surface area contributed by atoms with E-state index in [1.807, 2.05) is 12.3 Å². The highest BCUT2D eigenvalue weighted by Gasteiger charge is 2.26. The quantitative estimate of drug-likeness (QED) is 0.741. The fraction of sp³-hybridized carbons (Fsp3) is 0.727. The van der Waals surface area contributed by atoms with Crippen molar-refractivity contribution in [1.29, 1.82) is 0 Å². The molecule has 0 spiro atoms. The van der Waals surface area contributed by atoms with Gasteiger partial charge in [-0.2, -0.15) is 0 Å². The molecule has 1 aliphatic carbocycles. The van der Waals surface area contributed by atoms with Crippen molar-refractivity contribution in [1.82, 2.24) is 4.98 Å². The summed E-state index contributed by atoms with van der Waals surface area (Å²) in [6, 6.07) is 4.07. The maximum absolute atomic E-state index is 12.6. The Balaban J connectivity index is 1.47. The molecule has 1 aromatic rings. The molecule has 1 aliphatic heterocycles. The van der Waals surface area contributed by atoms with E-state index in [1.54, 1.807) is 0 Å². The number of unbranched alkanes of at least 4 members (excludes halogenated alkanes) is 1. The van der Waals surface area contributed by atoms with Crippen molar-refractivity contribution in [3.8, 4) is 0 Å². The van der Waals surface area contributed by atoms with Gasteiger partial charge in [-0.05, 0) is 56.6 Å². The van der Waals surface area contributed by atoms with Crippen molar-refractivity contribution >= 4 is 17.4 Å². The molecule has 26 heavy (non-hydrogen) atoms. The first-order chi connectivity index (χ1) is 12.8. The summed E-state index contributed by atoms with van der Waals surface area (Å²) in [6.45, 7) is 4.49. The zero-order valence-corrected chi connectivity index (χ0v) is 16.4. The van der Waals surface area contributed by atoms with Crippen molar-refractivity contribution in [2.24, 2.45) is 11.8 Å². The minimum absolute atomic E-state index is 0.161. The van der Waals surface area contributed by atoms with Crippen molar-refractivity contribution in [2.75, 3.05) is 23.3 Å². The zero-order valence-electron chi connectivity index (χ0n) is 16.4. The molecule has 1 saturated heterocycles. The van der Waals surface area contributed by atoms with Gasteiger partial charge in [0.05, 0.1) is 11.9 Å². The molecule has 3 rings (SSSR count). The Bertz CT molecular complexity index is 541. The molecule has 1 saturated carbocycles. The van der Waals surface area contributed by atoms with E-state index in [2.05, 4.69) is 28.2 Å². The van der Waals surface area contributed by atoms with Crippen molar-refractivity contribution in [3.05, 3.63) is 18.3 Å². The molecule has 2 heterocycles. The number of hydrogen-bond donors (Lipinski definition) is 1. The smallest absolute Gasteiger partial charge is 0.228 e. The molecule has 144 valence electrons. The molecule has 0 radical (unpaired) electrons. The summed E-state index contributed by atoms with van der Waals surface area (Å²) in [6.07, 6.45) is 15.5. The van der Waals surface area contributed by atoms with Gasteiger partial charge in [0.1, 0.15) is 5.82 Å². The Kier molecular flexibility index (Phi) is 7.33. The third-order valence-electron chi connectivity index (χ3n) is 6.15. The topological polar surface area (TPSA) is 45.2 Å². The number of anilines is 2. The Morgan fingerprint density at radius 2 is 1.85 bits per heavy atom. The number of carbonyl (C=O) groups is 1. The van der Waals surface area contributed by atoms with Crippen molar-refractivity contribution in [2.45, 2.75) is 77.6 Å². The lowest BCUT2D eigenvalue weighted by molar-refractivity contribution is -0.121. The van der Waals surface area contributed by atoms with Crippen LogP contribution in [0.5, 0.6) is 0 Å². The van der Waals surface area contributed by atoms with Gasteiger partial charge in [-0.15, -0.1) is 0 Å². The standard InChI is InChI=1S/C22H35N3O/c1-2-3-8-18-9-11-19(12-10-18)22(26)24-21-14-13-20(17-23-21)25-15-6-4-5-7-16-25/h13-14,17-19H,2-12,15-16H2,1H3,(H,23,24,26). The summed E-state index contributed by atoms with van der Waals surface area (Å²) in [7, 11) is 0. The van der Waals surface area contributed by atoms with E-state index < -0.39 is 0 Å². The van der Waals surface area contributed by atoms with Crippen LogP contribution in [0.3, 0.4) is 0 Å². The zero-order chi connectivity index (χ0) is 18.2. The first kappa shape index (κ1) is 19.2. The lowest BCUT2D eigenvalue weighted by atomic mass is 9.79. The Labute approximate surface area is 158 Å². The SMILES string of the molecule is CCCCC1CCC(C(=O)Nc2ccc(N3CCCCCC3)cn2)CC1. The summed E-state index contributed by atoms with van der Waals surface area (Å²) in [5.74, 6) is 1.86. The number of carbonyl (C=O) groups excluding carboxylic acids is 1. The second-order valence-corrected chi connectivity index (χ2v) is 8.15. The molecule has 0 unspecified atom stereocenters. The van der Waals surface area contributed by atoms with Crippen molar-refractivity contribution < 1.29 is 4.79 Å². The van der Waals surface area contributed by atoms with Gasteiger partial charge in [-0.3, -0.25) is 4.79 Å². The molecular formula is C22H35N3O. The number of hydrogen-bond acceptors (Lipinski definition) is 3. The van der Waals surface area contributed by atoms with Gasteiger partial charge in [0.2, 0.25) is 5.91 Å². The first-order valence-electron chi connectivity index (χ1n) is 10.8. The van der Waals surface area contributed by atoms with Crippen LogP contribution in [-0.2, 0) is 4.79 Å². The molecule has 0 bridgehead atoms. The fourth-order valence-electron chi connectivity index (χ4n) is 4.41. The van der Waals surface area contributed by atoms with Crippen LogP contribution < -0.4 is 10.2 Å². The van der Waals surface area contributed by atoms with E-state index >= 15 is 0 Å². The highest BCUT2D eigenvalue weighted by Crippen LogP contribution is 2.32. The number of aromatic nitrogens is 1. The van der Waals surface area contributed by atoms with Gasteiger partial charge in [-0.25, -0.2) is 4.98 Å². The molecular weight excluding hydrogens is 322 g/mol. The average molecular weight is 358 g/mol. The number of amides is 1. The normalized spacial score (nSPS) is 24.1. The highest BCUT2D eigenvalue weighted by atomic mass is 16.1. The lowest BCUT2D eigenvalue weighted by Gasteiger charge is -2.27. The maximum Gasteiger partial charge on any atom is 0.228 e. The van der Waals surface area contributed by atoms with E-state index in [0.29, 0.717) is 5.82 Å². The van der Waals surface area contributed by atoms with Crippen LogP contribution in [0.25, 0.3) is 0 Å². The Morgan fingerprint density at radius 3 is 2.46 bits per heavy atom. The third kappa shape index (κ3) is 5.46. The van der Waals surface area contributed by atoms with Crippen LogP contribution in [0.15, 0.2) is 18.3 Å². The molecule has 1 amide bonds. The summed E-state index contributed by atoms with van der Waals surface area (Å²) in [5, 5.41) is 3.04. The summed E-state index contributed by atoms with van der Waals surface area (Å²) in [4.78, 5) is 19.5. The summed E-state index contributed by atoms with van der Waals surface area (Å²) >= 11 is 0. The van der Waals surface area contributed by atoms with Crippen molar-refractivity contribution in [3.63, 3.8) is 0 Å². The highest BCUT2D eigenvalue weighted by molar-refractivity contribution is 5.91. The van der Waals surface area contributed by atoms with Gasteiger partial charge in [-0.1, -0.05) is 39.0 Å². The van der Waals surface area contributed by atoms with Gasteiger partial charge < -0.3 is 10.2 Å². The average Bonchev–Trinajstić information content (AvgIpc) is 2.97. The molecule has 0 atom stereocenters. The third-order valence-corrected chi connectivity index (χ3v) is 6.15. The van der Waals surface area contributed by atoms with Crippen LogP contribution in [0.4, 0.5) is 11.5 Å². The number of nitrogens with zero attached hydrogens (tertiary/aromatic N) is 2. The maximum atomic E-state index is 12.6. The molecule has 2 fully saturated rings. The first-order valence-corrected chi connectivity index (χ1v) is 10.8. The minimum Gasteiger partial charge on any atom is -0.370 e. The monoisotopic (exact) mass is 357 g/mol. The summed E-state index contributed by atoms with van der Waals surface area (Å²) < 4.78 is 0. The molecule has 2 aliphatic rings. The van der Waals surface area contributed by atoms with Crippen LogP contribution >= 0.6 is 0 Å². The van der Waals surface area contributed by atoms with Gasteiger partial charge in [0, 0.05) is 19.0 Å². The number of rotatable bonds is 6. The van der Waals surface area contributed by atoms with E-state index in [4.69, 9.17) is 0 Å². The lowest BCUT2D eigenvalue weighted by Crippen LogP contribution is -2.27. The predicted octanol–water partition coefficient (Wildman–Crippen LogP) is 5.40. The van der Waals surface area contributed by atoms with Crippen LogP contribution in [0.1, 0.15) is 77.6 Å².